The molecule has 1 heterocycles. The predicted molar refractivity (Wildman–Crippen MR) is 138 cm³/mol. The highest BCUT2D eigenvalue weighted by molar-refractivity contribution is 8.01. The molecule has 10 heteroatoms. The summed E-state index contributed by atoms with van der Waals surface area (Å²) in [4.78, 5) is 24.1. The monoisotopic (exact) mass is 509 g/mol. The van der Waals surface area contributed by atoms with Crippen LogP contribution in [0.1, 0.15) is 36.0 Å². The van der Waals surface area contributed by atoms with Crippen molar-refractivity contribution in [1.82, 2.24) is 16.0 Å². The van der Waals surface area contributed by atoms with Crippen LogP contribution in [0.25, 0.3) is 11.1 Å². The zero-order valence-electron chi connectivity index (χ0n) is 20.0. The van der Waals surface area contributed by atoms with Gasteiger partial charge in [-0.3, -0.25) is 5.32 Å². The molecular weight excluding hydrogens is 478 g/mol. The van der Waals surface area contributed by atoms with E-state index in [1.54, 1.807) is 0 Å². The number of thioether (sulfide) groups is 1. The van der Waals surface area contributed by atoms with Crippen LogP contribution in [0, 0.1) is 11.3 Å². The number of amides is 2. The van der Waals surface area contributed by atoms with E-state index in [4.69, 9.17) is 15.2 Å². The van der Waals surface area contributed by atoms with Crippen molar-refractivity contribution in [2.45, 2.75) is 43.4 Å². The lowest BCUT2D eigenvalue weighted by Crippen LogP contribution is -2.45. The van der Waals surface area contributed by atoms with Crippen molar-refractivity contribution in [3.05, 3.63) is 59.2 Å². The van der Waals surface area contributed by atoms with Crippen molar-refractivity contribution in [3.63, 3.8) is 0 Å². The number of fused-ring (bicyclic) bond motifs is 3. The standard InChI is InChI=1S/C26H31N5O4S/c27-17-26(31-12-13-36-26)35-25(33)30-15-20(28)8-3-4-11-29-24(32)34-16-19-7-5-10-22-21-9-2-1-6-18(21)14-23(19)22/h1-2,5-7,9-10,20,31H,3-4,8,11-16,28H2,(H,29,32)(H,30,33)/t20-,26?/m0/s1. The third-order valence-electron chi connectivity index (χ3n) is 6.23. The Kier molecular flexibility index (Phi) is 8.70. The highest BCUT2D eigenvalue weighted by Gasteiger charge is 2.38. The van der Waals surface area contributed by atoms with Gasteiger partial charge in [-0.2, -0.15) is 5.26 Å². The summed E-state index contributed by atoms with van der Waals surface area (Å²) in [5.74, 6) is 0.699. The SMILES string of the molecule is N#CC1(OC(=O)NC[C@@H](N)CCCCNC(=O)OCc2cccc3c2Cc2ccccc2-3)NCCS1. The van der Waals surface area contributed by atoms with Crippen LogP contribution in [0.3, 0.4) is 0 Å². The molecule has 0 saturated carbocycles. The summed E-state index contributed by atoms with van der Waals surface area (Å²) in [5.41, 5.74) is 12.1. The van der Waals surface area contributed by atoms with E-state index in [0.29, 0.717) is 25.3 Å². The molecule has 0 aromatic heterocycles. The van der Waals surface area contributed by atoms with Gasteiger partial charge in [-0.05, 0) is 47.1 Å². The second-order valence-electron chi connectivity index (χ2n) is 8.81. The number of hydrogen-bond acceptors (Lipinski definition) is 8. The normalized spacial score (nSPS) is 18.4. The molecule has 5 N–H and O–H groups in total. The van der Waals surface area contributed by atoms with E-state index in [-0.39, 0.29) is 19.2 Å². The Balaban J connectivity index is 1.08. The van der Waals surface area contributed by atoms with Gasteiger partial charge in [-0.1, -0.05) is 60.6 Å². The Morgan fingerprint density at radius 2 is 1.97 bits per heavy atom. The number of nitrogens with zero attached hydrogens (tertiary/aromatic N) is 1. The Bertz CT molecular complexity index is 1130. The molecule has 2 amide bonds. The van der Waals surface area contributed by atoms with Crippen LogP contribution in [0.4, 0.5) is 9.59 Å². The van der Waals surface area contributed by atoms with Gasteiger partial charge in [0.25, 0.3) is 0 Å². The topological polar surface area (TPSA) is 138 Å². The second-order valence-corrected chi connectivity index (χ2v) is 10.1. The Morgan fingerprint density at radius 1 is 1.14 bits per heavy atom. The van der Waals surface area contributed by atoms with E-state index in [2.05, 4.69) is 34.1 Å². The molecule has 0 radical (unpaired) electrons. The molecule has 1 aliphatic heterocycles. The number of hydrogen-bond donors (Lipinski definition) is 4. The van der Waals surface area contributed by atoms with E-state index in [9.17, 15) is 14.9 Å². The summed E-state index contributed by atoms with van der Waals surface area (Å²) in [7, 11) is 0. The van der Waals surface area contributed by atoms with E-state index < -0.39 is 17.2 Å². The minimum atomic E-state index is -1.32. The van der Waals surface area contributed by atoms with Crippen LogP contribution in [-0.4, -0.2) is 48.7 Å². The van der Waals surface area contributed by atoms with Gasteiger partial charge in [0.2, 0.25) is 0 Å². The number of rotatable bonds is 10. The molecule has 36 heavy (non-hydrogen) atoms. The van der Waals surface area contributed by atoms with Crippen molar-refractivity contribution < 1.29 is 19.1 Å². The van der Waals surface area contributed by atoms with E-state index >= 15 is 0 Å². The maximum absolute atomic E-state index is 12.2. The fraction of sp³-hybridized carbons (Fsp3) is 0.423. The smallest absolute Gasteiger partial charge is 0.410 e. The molecular formula is C26H31N5O4S. The first-order valence-corrected chi connectivity index (χ1v) is 13.1. The average molecular weight is 510 g/mol. The lowest BCUT2D eigenvalue weighted by molar-refractivity contribution is 0.0926. The number of ether oxygens (including phenoxy) is 2. The van der Waals surface area contributed by atoms with E-state index in [0.717, 1.165) is 24.8 Å². The molecule has 4 rings (SSSR count). The third kappa shape index (κ3) is 6.49. The van der Waals surface area contributed by atoms with Crippen LogP contribution in [0.15, 0.2) is 42.5 Å². The van der Waals surface area contributed by atoms with Crippen molar-refractivity contribution in [2.24, 2.45) is 5.73 Å². The van der Waals surface area contributed by atoms with Crippen LogP contribution in [0.2, 0.25) is 0 Å². The molecule has 1 unspecified atom stereocenters. The van der Waals surface area contributed by atoms with Gasteiger partial charge < -0.3 is 25.8 Å². The van der Waals surface area contributed by atoms with Crippen molar-refractivity contribution >= 4 is 23.9 Å². The molecule has 2 aliphatic rings. The predicted octanol–water partition coefficient (Wildman–Crippen LogP) is 3.22. The summed E-state index contributed by atoms with van der Waals surface area (Å²) in [6.07, 6.45) is 1.93. The molecule has 0 bridgehead atoms. The van der Waals surface area contributed by atoms with Gasteiger partial charge in [0.1, 0.15) is 12.7 Å². The van der Waals surface area contributed by atoms with Gasteiger partial charge in [0.15, 0.2) is 0 Å². The molecule has 1 saturated heterocycles. The maximum Gasteiger partial charge on any atom is 0.410 e. The molecule has 2 atom stereocenters. The number of nitrogens with two attached hydrogens (primary N) is 1. The zero-order valence-corrected chi connectivity index (χ0v) is 20.9. The first-order chi connectivity index (χ1) is 17.5. The number of carbonyl (C=O) groups is 2. The number of nitrogens with one attached hydrogen (secondary N) is 3. The van der Waals surface area contributed by atoms with Crippen molar-refractivity contribution in [3.8, 4) is 17.2 Å². The quantitative estimate of drug-likeness (QED) is 0.306. The number of alkyl carbamates (subject to hydrolysis) is 2. The van der Waals surface area contributed by atoms with Crippen molar-refractivity contribution in [1.29, 1.82) is 5.26 Å². The highest BCUT2D eigenvalue weighted by atomic mass is 32.2. The van der Waals surface area contributed by atoms with Crippen LogP contribution < -0.4 is 21.7 Å². The van der Waals surface area contributed by atoms with Crippen molar-refractivity contribution in [2.75, 3.05) is 25.4 Å². The molecule has 190 valence electrons. The van der Waals surface area contributed by atoms with Crippen LogP contribution in [-0.2, 0) is 22.5 Å². The van der Waals surface area contributed by atoms with Gasteiger partial charge in [-0.25, -0.2) is 9.59 Å². The van der Waals surface area contributed by atoms with Crippen LogP contribution >= 0.6 is 11.8 Å². The first kappa shape index (κ1) is 25.8. The minimum Gasteiger partial charge on any atom is -0.445 e. The van der Waals surface area contributed by atoms with E-state index in [1.807, 2.05) is 30.3 Å². The Morgan fingerprint density at radius 3 is 2.78 bits per heavy atom. The summed E-state index contributed by atoms with van der Waals surface area (Å²) in [5, 5.41) is 16.1. The highest BCUT2D eigenvalue weighted by Crippen LogP contribution is 2.38. The Hall–Kier alpha value is -3.26. The first-order valence-electron chi connectivity index (χ1n) is 12.1. The van der Waals surface area contributed by atoms with Gasteiger partial charge in [0, 0.05) is 31.4 Å². The molecule has 0 spiro atoms. The number of nitriles is 1. The van der Waals surface area contributed by atoms with Gasteiger partial charge in [0.05, 0.1) is 0 Å². The minimum absolute atomic E-state index is 0.233. The summed E-state index contributed by atoms with van der Waals surface area (Å²) < 4.78 is 10.6. The summed E-state index contributed by atoms with van der Waals surface area (Å²) in [6.45, 7) is 1.56. The van der Waals surface area contributed by atoms with Gasteiger partial charge in [-0.15, -0.1) is 0 Å². The summed E-state index contributed by atoms with van der Waals surface area (Å²) in [6, 6.07) is 16.2. The molecule has 1 aliphatic carbocycles. The number of benzene rings is 2. The number of unbranched alkanes of at least 4 members (excludes halogenated alkanes) is 1. The fourth-order valence-electron chi connectivity index (χ4n) is 4.38. The van der Waals surface area contributed by atoms with E-state index in [1.165, 1.54) is 34.0 Å². The average Bonchev–Trinajstić information content (AvgIpc) is 3.51. The molecule has 2 aromatic rings. The maximum atomic E-state index is 12.2. The number of carbonyl (C=O) groups excluding carboxylic acids is 2. The lowest BCUT2D eigenvalue weighted by Gasteiger charge is -2.21. The zero-order chi connectivity index (χ0) is 25.4. The third-order valence-corrected chi connectivity index (χ3v) is 7.37. The Labute approximate surface area is 215 Å². The lowest BCUT2D eigenvalue weighted by atomic mass is 10.0. The largest absolute Gasteiger partial charge is 0.445 e. The summed E-state index contributed by atoms with van der Waals surface area (Å²) >= 11 is 1.25. The molecule has 9 nitrogen and oxygen atoms in total. The fourth-order valence-corrected chi connectivity index (χ4v) is 5.27. The van der Waals surface area contributed by atoms with Gasteiger partial charge >= 0.3 is 17.2 Å². The molecule has 2 aromatic carbocycles. The van der Waals surface area contributed by atoms with Crippen LogP contribution in [0.5, 0.6) is 0 Å². The second kappa shape index (κ2) is 12.1. The molecule has 1 fully saturated rings.